The van der Waals surface area contributed by atoms with Gasteiger partial charge < -0.3 is 5.11 Å². The van der Waals surface area contributed by atoms with Crippen LogP contribution < -0.4 is 5.43 Å². The Kier molecular flexibility index (Phi) is 3.49. The van der Waals surface area contributed by atoms with E-state index in [1.165, 1.54) is 0 Å². The number of nitrogens with zero attached hydrogens (tertiary/aromatic N) is 1. The van der Waals surface area contributed by atoms with Crippen LogP contribution in [0.25, 0.3) is 0 Å². The van der Waals surface area contributed by atoms with E-state index in [9.17, 15) is 9.90 Å². The standard InChI is InChI=1S/C8H15N2O2/c1-7(12)8-4-2-3-5-10(8)9-6-11/h7-8,12H,2-5H2,1H3,(H,9,11). The van der Waals surface area contributed by atoms with Crippen LogP contribution in [0, 0.1) is 0 Å². The molecule has 1 saturated heterocycles. The fourth-order valence-electron chi connectivity index (χ4n) is 1.66. The van der Waals surface area contributed by atoms with Crippen LogP contribution in [-0.4, -0.2) is 35.2 Å². The molecule has 0 bridgehead atoms. The summed E-state index contributed by atoms with van der Waals surface area (Å²) >= 11 is 0. The lowest BCUT2D eigenvalue weighted by molar-refractivity contribution is 0.0191. The van der Waals surface area contributed by atoms with Gasteiger partial charge in [0.05, 0.1) is 12.1 Å². The van der Waals surface area contributed by atoms with Gasteiger partial charge in [0.15, 0.2) is 0 Å². The summed E-state index contributed by atoms with van der Waals surface area (Å²) in [5.74, 6) is 0. The first-order valence-electron chi connectivity index (χ1n) is 4.33. The van der Waals surface area contributed by atoms with Gasteiger partial charge in [-0.15, -0.1) is 0 Å². The number of carbonyl (C=O) groups excluding carboxylic acids is 1. The first-order valence-corrected chi connectivity index (χ1v) is 4.33. The smallest absolute Gasteiger partial charge is 0.324 e. The van der Waals surface area contributed by atoms with Crippen LogP contribution in [0.4, 0.5) is 0 Å². The van der Waals surface area contributed by atoms with E-state index < -0.39 is 6.10 Å². The van der Waals surface area contributed by atoms with Gasteiger partial charge in [0.25, 0.3) is 0 Å². The first kappa shape index (κ1) is 9.48. The Morgan fingerprint density at radius 3 is 3.00 bits per heavy atom. The van der Waals surface area contributed by atoms with Crippen LogP contribution in [0.2, 0.25) is 0 Å². The number of hydrazine groups is 1. The van der Waals surface area contributed by atoms with Crippen LogP contribution >= 0.6 is 0 Å². The molecule has 1 fully saturated rings. The van der Waals surface area contributed by atoms with E-state index in [0.717, 1.165) is 25.8 Å². The van der Waals surface area contributed by atoms with Crippen molar-refractivity contribution in [3.8, 4) is 0 Å². The van der Waals surface area contributed by atoms with E-state index in [4.69, 9.17) is 0 Å². The summed E-state index contributed by atoms with van der Waals surface area (Å²) < 4.78 is 0. The van der Waals surface area contributed by atoms with Gasteiger partial charge in [-0.05, 0) is 19.8 Å². The topological polar surface area (TPSA) is 52.6 Å². The molecule has 69 valence electrons. The summed E-state index contributed by atoms with van der Waals surface area (Å²) in [4.78, 5) is 10.1. The van der Waals surface area contributed by atoms with Crippen molar-refractivity contribution in [3.05, 3.63) is 0 Å². The van der Waals surface area contributed by atoms with Crippen LogP contribution in [0.3, 0.4) is 0 Å². The third kappa shape index (κ3) is 2.19. The zero-order valence-corrected chi connectivity index (χ0v) is 7.29. The Bertz CT molecular complexity index is 150. The molecule has 2 atom stereocenters. The molecular formula is C8H15N2O2. The zero-order chi connectivity index (χ0) is 8.97. The van der Waals surface area contributed by atoms with Crippen molar-refractivity contribution in [3.63, 3.8) is 0 Å². The van der Waals surface area contributed by atoms with Crippen molar-refractivity contribution in [2.24, 2.45) is 0 Å². The van der Waals surface area contributed by atoms with Crippen molar-refractivity contribution in [2.75, 3.05) is 6.54 Å². The van der Waals surface area contributed by atoms with Gasteiger partial charge in [-0.1, -0.05) is 6.42 Å². The molecule has 1 radical (unpaired) electrons. The van der Waals surface area contributed by atoms with E-state index in [1.54, 1.807) is 18.3 Å². The van der Waals surface area contributed by atoms with Gasteiger partial charge in [0, 0.05) is 6.54 Å². The highest BCUT2D eigenvalue weighted by molar-refractivity contribution is 5.46. The van der Waals surface area contributed by atoms with Crippen molar-refractivity contribution < 1.29 is 9.90 Å². The summed E-state index contributed by atoms with van der Waals surface area (Å²) in [5, 5.41) is 11.1. The lowest BCUT2D eigenvalue weighted by Gasteiger charge is -2.35. The predicted molar refractivity (Wildman–Crippen MR) is 44.9 cm³/mol. The van der Waals surface area contributed by atoms with E-state index in [-0.39, 0.29) is 6.04 Å². The molecule has 1 rings (SSSR count). The minimum Gasteiger partial charge on any atom is -0.392 e. The highest BCUT2D eigenvalue weighted by Crippen LogP contribution is 2.17. The molecule has 0 aromatic carbocycles. The number of piperidine rings is 1. The number of aliphatic hydroxyl groups excluding tert-OH is 1. The maximum atomic E-state index is 10.1. The predicted octanol–water partition coefficient (Wildman–Crippen LogP) is -0.207. The third-order valence-corrected chi connectivity index (χ3v) is 2.30. The van der Waals surface area contributed by atoms with E-state index in [2.05, 4.69) is 5.43 Å². The van der Waals surface area contributed by atoms with Gasteiger partial charge in [-0.3, -0.25) is 10.2 Å². The monoisotopic (exact) mass is 171 g/mol. The number of hydrogen-bond donors (Lipinski definition) is 2. The molecule has 4 nitrogen and oxygen atoms in total. The number of hydrogen-bond acceptors (Lipinski definition) is 3. The van der Waals surface area contributed by atoms with E-state index in [0.29, 0.717) is 0 Å². The van der Waals surface area contributed by atoms with Crippen molar-refractivity contribution >= 4 is 6.41 Å². The van der Waals surface area contributed by atoms with Crippen LogP contribution in [0.15, 0.2) is 0 Å². The Morgan fingerprint density at radius 1 is 1.67 bits per heavy atom. The maximum Gasteiger partial charge on any atom is 0.324 e. The lowest BCUT2D eigenvalue weighted by atomic mass is 10.0. The molecule has 0 saturated carbocycles. The van der Waals surface area contributed by atoms with Crippen LogP contribution in [0.1, 0.15) is 26.2 Å². The normalized spacial score (nSPS) is 28.0. The fraction of sp³-hybridized carbons (Fsp3) is 0.875. The van der Waals surface area contributed by atoms with Gasteiger partial charge in [0.1, 0.15) is 0 Å². The minimum absolute atomic E-state index is 0.0557. The molecule has 2 unspecified atom stereocenters. The van der Waals surface area contributed by atoms with Crippen LogP contribution in [-0.2, 0) is 4.79 Å². The fourth-order valence-corrected chi connectivity index (χ4v) is 1.66. The molecule has 0 aromatic heterocycles. The molecule has 0 spiro atoms. The largest absolute Gasteiger partial charge is 0.392 e. The van der Waals surface area contributed by atoms with Gasteiger partial charge in [0.2, 0.25) is 0 Å². The van der Waals surface area contributed by atoms with Gasteiger partial charge >= 0.3 is 6.41 Å². The molecule has 1 heterocycles. The van der Waals surface area contributed by atoms with Crippen molar-refractivity contribution in [1.82, 2.24) is 10.4 Å². The molecule has 1 aliphatic rings. The summed E-state index contributed by atoms with van der Waals surface area (Å²) in [7, 11) is 0. The molecule has 12 heavy (non-hydrogen) atoms. The number of rotatable bonds is 3. The van der Waals surface area contributed by atoms with Crippen LogP contribution in [0.5, 0.6) is 0 Å². The Labute approximate surface area is 72.5 Å². The number of amides is 1. The highest BCUT2D eigenvalue weighted by atomic mass is 16.3. The molecule has 1 amide bonds. The number of aliphatic hydroxyl groups is 1. The zero-order valence-electron chi connectivity index (χ0n) is 7.29. The molecular weight excluding hydrogens is 156 g/mol. The minimum atomic E-state index is -0.397. The maximum absolute atomic E-state index is 10.1. The first-order chi connectivity index (χ1) is 5.75. The van der Waals surface area contributed by atoms with Crippen molar-refractivity contribution in [1.29, 1.82) is 0 Å². The second kappa shape index (κ2) is 4.42. The Morgan fingerprint density at radius 2 is 2.42 bits per heavy atom. The average molecular weight is 171 g/mol. The summed E-state index contributed by atoms with van der Waals surface area (Å²) in [6.07, 6.45) is 4.36. The van der Waals surface area contributed by atoms with E-state index >= 15 is 0 Å². The summed E-state index contributed by atoms with van der Waals surface area (Å²) in [6.45, 7) is 2.56. The quantitative estimate of drug-likeness (QED) is 0.578. The third-order valence-electron chi connectivity index (χ3n) is 2.30. The lowest BCUT2D eigenvalue weighted by Crippen LogP contribution is -2.52. The second-order valence-electron chi connectivity index (χ2n) is 3.21. The highest BCUT2D eigenvalue weighted by Gasteiger charge is 2.25. The Balaban J connectivity index is 2.47. The van der Waals surface area contributed by atoms with E-state index in [1.807, 2.05) is 0 Å². The molecule has 1 aliphatic heterocycles. The summed E-state index contributed by atoms with van der Waals surface area (Å²) in [6, 6.07) is 0.0557. The van der Waals surface area contributed by atoms with Gasteiger partial charge in [-0.2, -0.15) is 0 Å². The summed E-state index contributed by atoms with van der Waals surface area (Å²) in [5.41, 5.74) is 2.48. The van der Waals surface area contributed by atoms with Gasteiger partial charge in [-0.25, -0.2) is 5.01 Å². The van der Waals surface area contributed by atoms with Crippen molar-refractivity contribution in [2.45, 2.75) is 38.3 Å². The SMILES string of the molecule is CC(O)C1CCCCN1N[C]=O. The molecule has 0 aliphatic carbocycles. The number of nitrogens with one attached hydrogen (secondary N) is 1. The second-order valence-corrected chi connectivity index (χ2v) is 3.21. The average Bonchev–Trinajstić information content (AvgIpc) is 2.05. The molecule has 0 aromatic rings. The molecule has 4 heteroatoms. The Hall–Kier alpha value is -0.610. The molecule has 2 N–H and O–H groups in total.